The molecule has 7 heteroatoms. The van der Waals surface area contributed by atoms with Crippen molar-refractivity contribution in [2.24, 2.45) is 5.10 Å². The number of para-hydroxylation sites is 1. The summed E-state index contributed by atoms with van der Waals surface area (Å²) in [6.07, 6.45) is 2.10. The zero-order valence-electron chi connectivity index (χ0n) is 19.1. The number of benzene rings is 3. The minimum Gasteiger partial charge on any atom is -0.489 e. The third kappa shape index (κ3) is 4.05. The second-order valence-corrected chi connectivity index (χ2v) is 8.85. The summed E-state index contributed by atoms with van der Waals surface area (Å²) in [5.41, 5.74) is 5.07. The molecule has 1 atom stereocenters. The van der Waals surface area contributed by atoms with Crippen LogP contribution in [0.1, 0.15) is 22.4 Å². The van der Waals surface area contributed by atoms with Crippen molar-refractivity contribution < 1.29 is 14.3 Å². The van der Waals surface area contributed by atoms with Gasteiger partial charge in [-0.3, -0.25) is 9.59 Å². The van der Waals surface area contributed by atoms with Crippen molar-refractivity contribution in [2.45, 2.75) is 25.6 Å². The van der Waals surface area contributed by atoms with Gasteiger partial charge in [-0.1, -0.05) is 48.5 Å². The number of hydrogen-bond acceptors (Lipinski definition) is 4. The van der Waals surface area contributed by atoms with Crippen molar-refractivity contribution in [3.8, 4) is 5.75 Å². The van der Waals surface area contributed by atoms with Crippen molar-refractivity contribution >= 4 is 28.9 Å². The number of aromatic amines is 1. The van der Waals surface area contributed by atoms with Crippen LogP contribution in [-0.4, -0.2) is 45.5 Å². The average Bonchev–Trinajstić information content (AvgIpc) is 3.27. The van der Waals surface area contributed by atoms with Crippen LogP contribution >= 0.6 is 0 Å². The first-order chi connectivity index (χ1) is 17.2. The molecule has 174 valence electrons. The maximum Gasteiger partial charge on any atom is 0.266 e. The molecule has 1 aromatic heterocycles. The fourth-order valence-corrected chi connectivity index (χ4v) is 4.78. The fourth-order valence-electron chi connectivity index (χ4n) is 4.78. The molecule has 4 aromatic rings. The second-order valence-electron chi connectivity index (χ2n) is 8.85. The molecule has 1 N–H and O–H groups in total. The summed E-state index contributed by atoms with van der Waals surface area (Å²) in [5.74, 6) is 0.503. The Labute approximate surface area is 202 Å². The lowest BCUT2D eigenvalue weighted by Gasteiger charge is -2.40. The average molecular weight is 465 g/mol. The molecule has 0 spiro atoms. The Bertz CT molecular complexity index is 1430. The van der Waals surface area contributed by atoms with Crippen LogP contribution in [0.4, 0.5) is 0 Å². The molecular weight excluding hydrogens is 440 g/mol. The van der Waals surface area contributed by atoms with E-state index in [2.05, 4.69) is 16.2 Å². The number of nitrogens with zero attached hydrogens (tertiary/aromatic N) is 3. The van der Waals surface area contributed by atoms with Gasteiger partial charge < -0.3 is 14.6 Å². The van der Waals surface area contributed by atoms with E-state index in [1.807, 2.05) is 72.8 Å². The quantitative estimate of drug-likeness (QED) is 0.456. The molecule has 1 saturated heterocycles. The number of H-pyrrole nitrogens is 1. The number of carbonyl (C=O) groups excluding carboxylic acids is 2. The fraction of sp³-hybridized carbons (Fsp3) is 0.179. The van der Waals surface area contributed by atoms with Gasteiger partial charge in [-0.2, -0.15) is 5.10 Å². The molecule has 1 fully saturated rings. The normalized spacial score (nSPS) is 17.7. The van der Waals surface area contributed by atoms with Crippen molar-refractivity contribution in [1.29, 1.82) is 0 Å². The summed E-state index contributed by atoms with van der Waals surface area (Å²) in [5, 5.41) is 6.77. The Kier molecular flexibility index (Phi) is 5.29. The molecule has 3 aromatic carbocycles. The largest absolute Gasteiger partial charge is 0.489 e. The Morgan fingerprint density at radius 1 is 0.943 bits per heavy atom. The topological polar surface area (TPSA) is 78.0 Å². The molecule has 2 amide bonds. The highest BCUT2D eigenvalue weighted by Crippen LogP contribution is 2.32. The number of hydrazone groups is 1. The van der Waals surface area contributed by atoms with Gasteiger partial charge in [-0.15, -0.1) is 0 Å². The number of piperazine rings is 1. The van der Waals surface area contributed by atoms with Gasteiger partial charge in [0.05, 0.1) is 12.8 Å². The van der Waals surface area contributed by atoms with Crippen LogP contribution in [-0.2, 0) is 29.2 Å². The van der Waals surface area contributed by atoms with Crippen LogP contribution < -0.4 is 4.74 Å². The van der Waals surface area contributed by atoms with Crippen LogP contribution in [0.2, 0.25) is 0 Å². The molecule has 0 saturated carbocycles. The van der Waals surface area contributed by atoms with E-state index in [1.54, 1.807) is 11.1 Å². The number of nitrogens with one attached hydrogen (secondary N) is 1. The highest BCUT2D eigenvalue weighted by Gasteiger charge is 2.43. The van der Waals surface area contributed by atoms with E-state index in [-0.39, 0.29) is 18.4 Å². The Balaban J connectivity index is 1.15. The van der Waals surface area contributed by atoms with Gasteiger partial charge in [0.2, 0.25) is 5.91 Å². The van der Waals surface area contributed by atoms with Crippen molar-refractivity contribution in [3.63, 3.8) is 0 Å². The van der Waals surface area contributed by atoms with E-state index in [0.717, 1.165) is 39.0 Å². The molecule has 0 radical (unpaired) electrons. The third-order valence-corrected chi connectivity index (χ3v) is 6.62. The lowest BCUT2D eigenvalue weighted by atomic mass is 9.94. The number of ether oxygens (including phenoxy) is 1. The molecule has 0 bridgehead atoms. The van der Waals surface area contributed by atoms with Gasteiger partial charge in [0.25, 0.3) is 5.91 Å². The van der Waals surface area contributed by atoms with Crippen LogP contribution in [0.25, 0.3) is 10.9 Å². The van der Waals surface area contributed by atoms with Gasteiger partial charge in [0.15, 0.2) is 0 Å². The standard InChI is InChI=1S/C28H24N4O3/c33-27-17-32(29-15-19-10-12-21(13-11-19)35-18-20-6-2-1-3-7-20)28(34)26-14-23-22-8-4-5-9-24(22)30-25(23)16-31(26)27/h1-13,15,26,30H,14,16-18H2/b29-15+/t26-/m0/s1. The van der Waals surface area contributed by atoms with Gasteiger partial charge in [0.1, 0.15) is 24.9 Å². The van der Waals surface area contributed by atoms with Gasteiger partial charge in [-0.05, 0) is 47.0 Å². The number of fused-ring (bicyclic) bond motifs is 4. The highest BCUT2D eigenvalue weighted by atomic mass is 16.5. The second kappa shape index (κ2) is 8.76. The lowest BCUT2D eigenvalue weighted by Crippen LogP contribution is -2.60. The maximum absolute atomic E-state index is 13.3. The summed E-state index contributed by atoms with van der Waals surface area (Å²) < 4.78 is 5.82. The summed E-state index contributed by atoms with van der Waals surface area (Å²) in [6.45, 7) is 0.857. The molecule has 3 heterocycles. The zero-order valence-corrected chi connectivity index (χ0v) is 19.1. The van der Waals surface area contributed by atoms with E-state index in [4.69, 9.17) is 4.74 Å². The van der Waals surface area contributed by atoms with E-state index < -0.39 is 6.04 Å². The predicted molar refractivity (Wildman–Crippen MR) is 133 cm³/mol. The molecule has 2 aliphatic heterocycles. The smallest absolute Gasteiger partial charge is 0.266 e. The Morgan fingerprint density at radius 3 is 2.54 bits per heavy atom. The van der Waals surface area contributed by atoms with Crippen LogP contribution in [0.3, 0.4) is 0 Å². The molecule has 7 nitrogen and oxygen atoms in total. The predicted octanol–water partition coefficient (Wildman–Crippen LogP) is 3.88. The molecule has 6 rings (SSSR count). The summed E-state index contributed by atoms with van der Waals surface area (Å²) >= 11 is 0. The molecule has 35 heavy (non-hydrogen) atoms. The monoisotopic (exact) mass is 464 g/mol. The number of carbonyl (C=O) groups is 2. The van der Waals surface area contributed by atoms with Crippen molar-refractivity contribution in [1.82, 2.24) is 14.9 Å². The number of rotatable bonds is 5. The van der Waals surface area contributed by atoms with Gasteiger partial charge >= 0.3 is 0 Å². The third-order valence-electron chi connectivity index (χ3n) is 6.62. The first-order valence-electron chi connectivity index (χ1n) is 11.7. The molecule has 0 aliphatic carbocycles. The van der Waals surface area contributed by atoms with Crippen molar-refractivity contribution in [2.75, 3.05) is 6.54 Å². The molecule has 2 aliphatic rings. The van der Waals surface area contributed by atoms with Crippen LogP contribution in [0.5, 0.6) is 5.75 Å². The van der Waals surface area contributed by atoms with E-state index in [0.29, 0.717) is 19.6 Å². The summed E-state index contributed by atoms with van der Waals surface area (Å²) in [4.78, 5) is 31.2. The minimum absolute atomic E-state index is 0.0559. The van der Waals surface area contributed by atoms with E-state index in [1.165, 1.54) is 5.01 Å². The van der Waals surface area contributed by atoms with Crippen LogP contribution in [0.15, 0.2) is 84.0 Å². The maximum atomic E-state index is 13.3. The Hall–Kier alpha value is -4.39. The Morgan fingerprint density at radius 2 is 1.71 bits per heavy atom. The van der Waals surface area contributed by atoms with Gasteiger partial charge in [-0.25, -0.2) is 5.01 Å². The van der Waals surface area contributed by atoms with E-state index in [9.17, 15) is 9.59 Å². The molecule has 0 unspecified atom stereocenters. The number of amides is 2. The van der Waals surface area contributed by atoms with Crippen molar-refractivity contribution in [3.05, 3.63) is 101 Å². The molecular formula is C28H24N4O3. The first-order valence-corrected chi connectivity index (χ1v) is 11.7. The van der Waals surface area contributed by atoms with Crippen LogP contribution in [0, 0.1) is 0 Å². The van der Waals surface area contributed by atoms with E-state index >= 15 is 0 Å². The SMILES string of the molecule is O=C1[C@@H]2Cc3c([nH]c4ccccc34)CN2C(=O)CN1/N=C/c1ccc(OCc2ccccc2)cc1. The first kappa shape index (κ1) is 21.2. The van der Waals surface area contributed by atoms with Gasteiger partial charge in [0, 0.05) is 23.0 Å². The summed E-state index contributed by atoms with van der Waals surface area (Å²) in [7, 11) is 0. The number of aromatic nitrogens is 1. The lowest BCUT2D eigenvalue weighted by molar-refractivity contribution is -0.157. The highest BCUT2D eigenvalue weighted by molar-refractivity contribution is 5.97. The number of hydrogen-bond donors (Lipinski definition) is 1. The summed E-state index contributed by atoms with van der Waals surface area (Å²) in [6, 6.07) is 25.0. The zero-order chi connectivity index (χ0) is 23.8. The minimum atomic E-state index is -0.533.